The van der Waals surface area contributed by atoms with Gasteiger partial charge in [-0.1, -0.05) is 75.5 Å². The third-order valence-corrected chi connectivity index (χ3v) is 5.97. The minimum atomic E-state index is -0.571. The van der Waals surface area contributed by atoms with E-state index < -0.39 is 6.10 Å². The molecule has 164 valence electrons. The lowest BCUT2D eigenvalue weighted by atomic mass is 10.1. The van der Waals surface area contributed by atoms with Gasteiger partial charge in [-0.25, -0.2) is 0 Å². The summed E-state index contributed by atoms with van der Waals surface area (Å²) in [5.74, 6) is 1.27. The van der Waals surface area contributed by atoms with Crippen LogP contribution in [0.1, 0.15) is 29.7 Å². The summed E-state index contributed by atoms with van der Waals surface area (Å²) in [6.07, 6.45) is -0.571. The highest BCUT2D eigenvalue weighted by molar-refractivity contribution is 9.10. The minimum Gasteiger partial charge on any atom is -0.490 e. The van der Waals surface area contributed by atoms with Crippen LogP contribution in [0.25, 0.3) is 0 Å². The molecule has 0 aliphatic carbocycles. The standard InChI is InChI=1S/C24H24BrCl2NO3/c1-2-30-23-10-18(13-28-14-22(29)16-6-4-3-5-7-16)20(25)12-24(23)31-15-17-8-9-19(26)11-21(17)27/h3-12,22,28-29H,2,13-15H2,1H3. The van der Waals surface area contributed by atoms with Gasteiger partial charge in [-0.05, 0) is 42.3 Å². The first-order chi connectivity index (χ1) is 15.0. The lowest BCUT2D eigenvalue weighted by Gasteiger charge is -2.17. The molecule has 0 saturated heterocycles. The molecule has 31 heavy (non-hydrogen) atoms. The molecule has 3 aromatic carbocycles. The van der Waals surface area contributed by atoms with Crippen molar-refractivity contribution in [2.75, 3.05) is 13.2 Å². The molecule has 0 fully saturated rings. The van der Waals surface area contributed by atoms with Crippen LogP contribution in [0.15, 0.2) is 65.1 Å². The van der Waals surface area contributed by atoms with Crippen LogP contribution < -0.4 is 14.8 Å². The molecule has 2 N–H and O–H groups in total. The van der Waals surface area contributed by atoms with Gasteiger partial charge in [-0.15, -0.1) is 0 Å². The number of hydrogen-bond acceptors (Lipinski definition) is 4. The fourth-order valence-electron chi connectivity index (χ4n) is 3.02. The van der Waals surface area contributed by atoms with Crippen molar-refractivity contribution in [3.63, 3.8) is 0 Å². The van der Waals surface area contributed by atoms with Gasteiger partial charge in [0.15, 0.2) is 11.5 Å². The fraction of sp³-hybridized carbons (Fsp3) is 0.250. The summed E-state index contributed by atoms with van der Waals surface area (Å²) in [5.41, 5.74) is 2.72. The van der Waals surface area contributed by atoms with Gasteiger partial charge in [0.1, 0.15) is 6.61 Å². The van der Waals surface area contributed by atoms with Crippen molar-refractivity contribution in [3.05, 3.63) is 91.9 Å². The third-order valence-electron chi connectivity index (χ3n) is 4.65. The summed E-state index contributed by atoms with van der Waals surface area (Å²) in [6.45, 7) is 3.74. The number of aliphatic hydroxyl groups is 1. The Labute approximate surface area is 201 Å². The molecule has 3 rings (SSSR count). The first kappa shape index (κ1) is 23.9. The number of aliphatic hydroxyl groups excluding tert-OH is 1. The molecular weight excluding hydrogens is 501 g/mol. The van der Waals surface area contributed by atoms with E-state index in [1.165, 1.54) is 0 Å². The molecule has 0 aromatic heterocycles. The largest absolute Gasteiger partial charge is 0.490 e. The molecule has 0 amide bonds. The summed E-state index contributed by atoms with van der Waals surface area (Å²) in [7, 11) is 0. The Hall–Kier alpha value is -1.76. The molecule has 0 heterocycles. The lowest BCUT2D eigenvalue weighted by molar-refractivity contribution is 0.174. The predicted molar refractivity (Wildman–Crippen MR) is 129 cm³/mol. The first-order valence-electron chi connectivity index (χ1n) is 9.93. The monoisotopic (exact) mass is 523 g/mol. The third kappa shape index (κ3) is 6.86. The molecule has 1 unspecified atom stereocenters. The van der Waals surface area contributed by atoms with Gasteiger partial charge in [0.25, 0.3) is 0 Å². The van der Waals surface area contributed by atoms with Crippen molar-refractivity contribution in [3.8, 4) is 11.5 Å². The molecule has 0 spiro atoms. The summed E-state index contributed by atoms with van der Waals surface area (Å²) >= 11 is 15.8. The quantitative estimate of drug-likeness (QED) is 0.315. The van der Waals surface area contributed by atoms with E-state index in [-0.39, 0.29) is 0 Å². The first-order valence-corrected chi connectivity index (χ1v) is 11.5. The van der Waals surface area contributed by atoms with Crippen LogP contribution in [0.3, 0.4) is 0 Å². The Kier molecular flexibility index (Phi) is 9.05. The summed E-state index contributed by atoms with van der Waals surface area (Å²) in [5, 5.41) is 14.8. The van der Waals surface area contributed by atoms with Gasteiger partial charge in [-0.3, -0.25) is 0 Å². The maximum atomic E-state index is 10.3. The summed E-state index contributed by atoms with van der Waals surface area (Å²) in [6, 6.07) is 18.7. The van der Waals surface area contributed by atoms with E-state index >= 15 is 0 Å². The maximum Gasteiger partial charge on any atom is 0.162 e. The van der Waals surface area contributed by atoms with Gasteiger partial charge in [0.05, 0.1) is 12.7 Å². The van der Waals surface area contributed by atoms with Crippen LogP contribution in [-0.2, 0) is 13.2 Å². The maximum absolute atomic E-state index is 10.3. The van der Waals surface area contributed by atoms with Crippen LogP contribution >= 0.6 is 39.1 Å². The second-order valence-corrected chi connectivity index (χ2v) is 8.60. The Balaban J connectivity index is 1.66. The SMILES string of the molecule is CCOc1cc(CNCC(O)c2ccccc2)c(Br)cc1OCc1ccc(Cl)cc1Cl. The Morgan fingerprint density at radius 3 is 2.42 bits per heavy atom. The second kappa shape index (κ2) is 11.7. The predicted octanol–water partition coefficient (Wildman–Crippen LogP) is 6.56. The number of rotatable bonds is 10. The molecule has 0 radical (unpaired) electrons. The van der Waals surface area contributed by atoms with Crippen LogP contribution in [-0.4, -0.2) is 18.3 Å². The zero-order chi connectivity index (χ0) is 22.2. The molecule has 0 saturated carbocycles. The van der Waals surface area contributed by atoms with E-state index in [1.807, 2.05) is 55.5 Å². The average Bonchev–Trinajstić information content (AvgIpc) is 2.76. The van der Waals surface area contributed by atoms with Crippen molar-refractivity contribution >= 4 is 39.1 Å². The fourth-order valence-corrected chi connectivity index (χ4v) is 3.95. The van der Waals surface area contributed by atoms with Crippen molar-refractivity contribution in [1.29, 1.82) is 0 Å². The highest BCUT2D eigenvalue weighted by Gasteiger charge is 2.13. The van der Waals surface area contributed by atoms with Gasteiger partial charge in [0.2, 0.25) is 0 Å². The molecule has 0 aliphatic heterocycles. The van der Waals surface area contributed by atoms with Gasteiger partial charge in [-0.2, -0.15) is 0 Å². The molecular formula is C24H24BrCl2NO3. The van der Waals surface area contributed by atoms with Crippen molar-refractivity contribution in [2.24, 2.45) is 0 Å². The number of hydrogen-bond donors (Lipinski definition) is 2. The van der Waals surface area contributed by atoms with Gasteiger partial charge >= 0.3 is 0 Å². The average molecular weight is 525 g/mol. The molecule has 1 atom stereocenters. The topological polar surface area (TPSA) is 50.7 Å². The summed E-state index contributed by atoms with van der Waals surface area (Å²) < 4.78 is 12.7. The highest BCUT2D eigenvalue weighted by Crippen LogP contribution is 2.35. The van der Waals surface area contributed by atoms with Gasteiger partial charge < -0.3 is 19.9 Å². The van der Waals surface area contributed by atoms with Crippen LogP contribution in [0, 0.1) is 0 Å². The number of ether oxygens (including phenoxy) is 2. The Bertz CT molecular complexity index is 1000. The van der Waals surface area contributed by atoms with E-state index in [1.54, 1.807) is 12.1 Å². The van der Waals surface area contributed by atoms with Crippen LogP contribution in [0.4, 0.5) is 0 Å². The molecule has 0 aliphatic rings. The van der Waals surface area contributed by atoms with E-state index in [9.17, 15) is 5.11 Å². The van der Waals surface area contributed by atoms with Crippen LogP contribution in [0.2, 0.25) is 10.0 Å². The van der Waals surface area contributed by atoms with E-state index in [2.05, 4.69) is 21.2 Å². The minimum absolute atomic E-state index is 0.295. The number of halogens is 3. The Morgan fingerprint density at radius 2 is 1.71 bits per heavy atom. The normalized spacial score (nSPS) is 11.9. The molecule has 4 nitrogen and oxygen atoms in total. The highest BCUT2D eigenvalue weighted by atomic mass is 79.9. The second-order valence-electron chi connectivity index (χ2n) is 6.91. The van der Waals surface area contributed by atoms with E-state index in [0.717, 1.165) is 21.2 Å². The zero-order valence-electron chi connectivity index (χ0n) is 17.1. The van der Waals surface area contributed by atoms with E-state index in [4.69, 9.17) is 32.7 Å². The molecule has 3 aromatic rings. The van der Waals surface area contributed by atoms with Crippen molar-refractivity contribution in [1.82, 2.24) is 5.32 Å². The smallest absolute Gasteiger partial charge is 0.162 e. The van der Waals surface area contributed by atoms with Crippen LogP contribution in [0.5, 0.6) is 11.5 Å². The van der Waals surface area contributed by atoms with Crippen molar-refractivity contribution < 1.29 is 14.6 Å². The Morgan fingerprint density at radius 1 is 0.968 bits per heavy atom. The molecule has 0 bridgehead atoms. The zero-order valence-corrected chi connectivity index (χ0v) is 20.2. The van der Waals surface area contributed by atoms with E-state index in [0.29, 0.717) is 47.8 Å². The number of benzene rings is 3. The summed E-state index contributed by atoms with van der Waals surface area (Å²) in [4.78, 5) is 0. The van der Waals surface area contributed by atoms with Gasteiger partial charge in [0, 0.05) is 33.2 Å². The van der Waals surface area contributed by atoms with Crippen molar-refractivity contribution in [2.45, 2.75) is 26.2 Å². The lowest BCUT2D eigenvalue weighted by Crippen LogP contribution is -2.21. The number of nitrogens with one attached hydrogen (secondary N) is 1. The molecule has 7 heteroatoms.